The van der Waals surface area contributed by atoms with Gasteiger partial charge in [-0.05, 0) is 55.0 Å². The number of hydrogen-bond donors (Lipinski definition) is 1. The molecule has 0 aliphatic heterocycles. The number of allylic oxidation sites excluding steroid dienone is 1. The zero-order valence-corrected chi connectivity index (χ0v) is 16.7. The highest BCUT2D eigenvalue weighted by Crippen LogP contribution is 2.29. The van der Waals surface area contributed by atoms with Crippen molar-refractivity contribution in [3.63, 3.8) is 0 Å². The van der Waals surface area contributed by atoms with Gasteiger partial charge in [-0.1, -0.05) is 57.9 Å². The maximum atomic E-state index is 10.8. The van der Waals surface area contributed by atoms with E-state index in [0.29, 0.717) is 11.6 Å². The van der Waals surface area contributed by atoms with Gasteiger partial charge in [0.25, 0.3) is 0 Å². The van der Waals surface area contributed by atoms with E-state index < -0.39 is 0 Å². The van der Waals surface area contributed by atoms with Gasteiger partial charge in [-0.15, -0.1) is 15.0 Å². The Morgan fingerprint density at radius 3 is 2.33 bits per heavy atom. The van der Waals surface area contributed by atoms with E-state index in [9.17, 15) is 5.11 Å². The number of aromatic nitrogens is 3. The molecule has 1 heterocycles. The highest BCUT2D eigenvalue weighted by Gasteiger charge is 2.12. The van der Waals surface area contributed by atoms with Crippen LogP contribution in [0.25, 0.3) is 22.8 Å². The van der Waals surface area contributed by atoms with Gasteiger partial charge in [0, 0.05) is 5.56 Å². The van der Waals surface area contributed by atoms with Crippen LogP contribution in [0.4, 0.5) is 0 Å². The third kappa shape index (κ3) is 4.76. The Morgan fingerprint density at radius 2 is 1.70 bits per heavy atom. The first-order chi connectivity index (χ1) is 12.9. The molecule has 4 heteroatoms. The lowest BCUT2D eigenvalue weighted by Gasteiger charge is -2.10. The van der Waals surface area contributed by atoms with E-state index in [4.69, 9.17) is 0 Å². The summed E-state index contributed by atoms with van der Waals surface area (Å²) in [4.78, 5) is 1.52. The monoisotopic (exact) mass is 363 g/mol. The zero-order valence-electron chi connectivity index (χ0n) is 16.7. The fourth-order valence-electron chi connectivity index (χ4n) is 3.25. The van der Waals surface area contributed by atoms with Crippen molar-refractivity contribution in [1.29, 1.82) is 0 Å². The van der Waals surface area contributed by atoms with E-state index in [2.05, 4.69) is 37.0 Å². The van der Waals surface area contributed by atoms with Crippen LogP contribution in [0.15, 0.2) is 42.5 Å². The van der Waals surface area contributed by atoms with Gasteiger partial charge in [-0.2, -0.15) is 0 Å². The molecule has 0 amide bonds. The van der Waals surface area contributed by atoms with Crippen LogP contribution in [0.3, 0.4) is 0 Å². The van der Waals surface area contributed by atoms with Crippen molar-refractivity contribution >= 4 is 17.1 Å². The Hall–Kier alpha value is -2.62. The second kappa shape index (κ2) is 8.38. The van der Waals surface area contributed by atoms with Crippen molar-refractivity contribution in [3.05, 3.63) is 53.6 Å². The van der Waals surface area contributed by atoms with E-state index in [1.165, 1.54) is 24.1 Å². The fraction of sp³-hybridized carbons (Fsp3) is 0.391. The summed E-state index contributed by atoms with van der Waals surface area (Å²) in [6, 6.07) is 11.6. The zero-order chi connectivity index (χ0) is 19.4. The highest BCUT2D eigenvalue weighted by atomic mass is 16.3. The van der Waals surface area contributed by atoms with Crippen LogP contribution in [0.2, 0.25) is 0 Å². The van der Waals surface area contributed by atoms with Gasteiger partial charge in [-0.25, -0.2) is 0 Å². The van der Waals surface area contributed by atoms with Gasteiger partial charge in [-0.3, -0.25) is 0 Å². The molecule has 3 rings (SSSR count). The summed E-state index contributed by atoms with van der Waals surface area (Å²) in [5.41, 5.74) is 4.11. The topological polar surface area (TPSA) is 50.9 Å². The first-order valence-electron chi connectivity index (χ1n) is 9.78. The van der Waals surface area contributed by atoms with E-state index in [0.717, 1.165) is 28.1 Å². The number of hydrogen-bond acceptors (Lipinski definition) is 3. The maximum Gasteiger partial charge on any atom is 0.150 e. The molecular weight excluding hydrogens is 334 g/mol. The number of aryl methyl sites for hydroxylation is 1. The fourth-order valence-corrected chi connectivity index (χ4v) is 3.25. The predicted octanol–water partition coefficient (Wildman–Crippen LogP) is 5.91. The van der Waals surface area contributed by atoms with E-state index in [1.54, 1.807) is 0 Å². The number of benzene rings is 2. The van der Waals surface area contributed by atoms with Gasteiger partial charge in [0.05, 0.1) is 0 Å². The van der Waals surface area contributed by atoms with Gasteiger partial charge in [0.2, 0.25) is 0 Å². The van der Waals surface area contributed by atoms with Crippen molar-refractivity contribution < 1.29 is 5.11 Å². The molecular formula is C23H29N3O. The first kappa shape index (κ1) is 19.2. The Kier molecular flexibility index (Phi) is 5.94. The lowest BCUT2D eigenvalue weighted by atomic mass is 9.98. The second-order valence-corrected chi connectivity index (χ2v) is 7.86. The molecule has 0 spiro atoms. The van der Waals surface area contributed by atoms with Crippen LogP contribution < -0.4 is 0 Å². The van der Waals surface area contributed by atoms with Crippen LogP contribution in [0.5, 0.6) is 5.75 Å². The standard InChI is InChI=1S/C23H29N3O/c1-16(2)8-7-9-17(3)12-13-19-14-18(4)15-22(23(19)27)26-24-20-10-5-6-11-21(20)25-26/h5-6,10-17,27H,7-9H2,1-4H3. The average Bonchev–Trinajstić information content (AvgIpc) is 3.05. The Balaban J connectivity index is 1.84. The van der Waals surface area contributed by atoms with E-state index >= 15 is 0 Å². The first-order valence-corrected chi connectivity index (χ1v) is 9.78. The summed E-state index contributed by atoms with van der Waals surface area (Å²) in [5, 5.41) is 19.8. The Bertz CT molecular complexity index is 907. The molecule has 4 nitrogen and oxygen atoms in total. The molecule has 142 valence electrons. The molecule has 2 aromatic carbocycles. The van der Waals surface area contributed by atoms with Crippen LogP contribution in [-0.4, -0.2) is 20.1 Å². The smallest absolute Gasteiger partial charge is 0.150 e. The normalized spacial score (nSPS) is 13.1. The van der Waals surface area contributed by atoms with Crippen molar-refractivity contribution in [3.8, 4) is 11.4 Å². The molecule has 1 aromatic heterocycles. The van der Waals surface area contributed by atoms with E-state index in [-0.39, 0.29) is 5.75 Å². The molecule has 0 bridgehead atoms. The maximum absolute atomic E-state index is 10.8. The molecule has 0 fully saturated rings. The molecule has 3 aromatic rings. The van der Waals surface area contributed by atoms with Crippen molar-refractivity contribution in [2.45, 2.75) is 47.0 Å². The minimum atomic E-state index is 0.214. The Labute approximate surface area is 161 Å². The molecule has 0 saturated carbocycles. The van der Waals surface area contributed by atoms with Gasteiger partial charge < -0.3 is 5.11 Å². The van der Waals surface area contributed by atoms with Crippen molar-refractivity contribution in [2.75, 3.05) is 0 Å². The second-order valence-electron chi connectivity index (χ2n) is 7.86. The summed E-state index contributed by atoms with van der Waals surface area (Å²) < 4.78 is 0. The third-order valence-electron chi connectivity index (χ3n) is 4.81. The quantitative estimate of drug-likeness (QED) is 0.567. The highest BCUT2D eigenvalue weighted by molar-refractivity contribution is 5.74. The summed E-state index contributed by atoms with van der Waals surface area (Å²) in [6.07, 6.45) is 7.87. The Morgan fingerprint density at radius 1 is 1.04 bits per heavy atom. The van der Waals surface area contributed by atoms with E-state index in [1.807, 2.05) is 49.4 Å². The molecule has 0 aliphatic carbocycles. The van der Waals surface area contributed by atoms with Crippen LogP contribution in [0.1, 0.15) is 51.2 Å². The van der Waals surface area contributed by atoms with Crippen LogP contribution in [0, 0.1) is 18.8 Å². The lowest BCUT2D eigenvalue weighted by molar-refractivity contribution is 0.466. The molecule has 27 heavy (non-hydrogen) atoms. The number of aromatic hydroxyl groups is 1. The van der Waals surface area contributed by atoms with Crippen molar-refractivity contribution in [1.82, 2.24) is 15.0 Å². The minimum Gasteiger partial charge on any atom is -0.505 e. The average molecular weight is 364 g/mol. The third-order valence-corrected chi connectivity index (χ3v) is 4.81. The lowest BCUT2D eigenvalue weighted by Crippen LogP contribution is -2.01. The summed E-state index contributed by atoms with van der Waals surface area (Å²) in [5.74, 6) is 1.45. The van der Waals surface area contributed by atoms with Gasteiger partial charge in [0.15, 0.2) is 0 Å². The largest absolute Gasteiger partial charge is 0.505 e. The number of rotatable bonds is 7. The molecule has 1 N–H and O–H groups in total. The molecule has 1 atom stereocenters. The predicted molar refractivity (Wildman–Crippen MR) is 112 cm³/mol. The molecule has 0 saturated heterocycles. The van der Waals surface area contributed by atoms with Gasteiger partial charge in [0.1, 0.15) is 22.5 Å². The van der Waals surface area contributed by atoms with Crippen molar-refractivity contribution in [2.24, 2.45) is 11.8 Å². The summed E-state index contributed by atoms with van der Waals surface area (Å²) in [6.45, 7) is 8.78. The van der Waals surface area contributed by atoms with Crippen LogP contribution in [-0.2, 0) is 0 Å². The minimum absolute atomic E-state index is 0.214. The number of phenolic OH excluding ortho intramolecular Hbond substituents is 1. The molecule has 0 radical (unpaired) electrons. The molecule has 1 unspecified atom stereocenters. The number of fused-ring (bicyclic) bond motifs is 1. The summed E-state index contributed by atoms with van der Waals surface area (Å²) in [7, 11) is 0. The number of nitrogens with zero attached hydrogens (tertiary/aromatic N) is 3. The van der Waals surface area contributed by atoms with Gasteiger partial charge >= 0.3 is 0 Å². The van der Waals surface area contributed by atoms with Crippen LogP contribution >= 0.6 is 0 Å². The molecule has 0 aliphatic rings. The number of phenols is 1. The summed E-state index contributed by atoms with van der Waals surface area (Å²) >= 11 is 0. The SMILES string of the molecule is Cc1cc(C=CC(C)CCCC(C)C)c(O)c(-n2nc3ccccc3n2)c1.